The van der Waals surface area contributed by atoms with Gasteiger partial charge in [-0.2, -0.15) is 18.2 Å². The van der Waals surface area contributed by atoms with Crippen LogP contribution in [-0.2, 0) is 17.4 Å². The first-order valence-corrected chi connectivity index (χ1v) is 7.72. The lowest BCUT2D eigenvalue weighted by Crippen LogP contribution is -2.32. The number of amides is 1. The smallest absolute Gasteiger partial charge is 0.354 e. The van der Waals surface area contributed by atoms with Crippen molar-refractivity contribution in [2.75, 3.05) is 0 Å². The maximum absolute atomic E-state index is 12.7. The Balaban J connectivity index is 2.26. The zero-order valence-corrected chi connectivity index (χ0v) is 14.0. The van der Waals surface area contributed by atoms with Crippen molar-refractivity contribution in [3.63, 3.8) is 0 Å². The van der Waals surface area contributed by atoms with Gasteiger partial charge < -0.3 is 5.32 Å². The van der Waals surface area contributed by atoms with Crippen molar-refractivity contribution in [2.45, 2.75) is 59.2 Å². The predicted molar refractivity (Wildman–Crippen MR) is 81.5 cm³/mol. The average Bonchev–Trinajstić information content (AvgIpc) is 2.91. The lowest BCUT2D eigenvalue weighted by molar-refractivity contribution is -0.144. The van der Waals surface area contributed by atoms with Gasteiger partial charge in [0, 0.05) is 23.9 Å². The quantitative estimate of drug-likeness (QED) is 0.906. The van der Waals surface area contributed by atoms with Crippen molar-refractivity contribution in [2.24, 2.45) is 0 Å². The van der Waals surface area contributed by atoms with Gasteiger partial charge in [0.2, 0.25) is 5.91 Å². The lowest BCUT2D eigenvalue weighted by atomic mass is 10.1. The molecular formula is C15H20F3N5O. The van der Waals surface area contributed by atoms with Gasteiger partial charge in [-0.3, -0.25) is 4.79 Å². The number of hydrogen-bond acceptors (Lipinski definition) is 4. The van der Waals surface area contributed by atoms with E-state index >= 15 is 0 Å². The van der Waals surface area contributed by atoms with E-state index in [9.17, 15) is 18.0 Å². The number of nitrogens with one attached hydrogen (secondary N) is 1. The zero-order valence-electron chi connectivity index (χ0n) is 14.0. The molecule has 0 saturated heterocycles. The molecule has 0 bridgehead atoms. The number of alkyl halides is 3. The van der Waals surface area contributed by atoms with Crippen LogP contribution in [0.15, 0.2) is 0 Å². The summed E-state index contributed by atoms with van der Waals surface area (Å²) in [6, 6.07) is 0.0879. The number of carbonyl (C=O) groups excluding carboxylic acids is 1. The first kappa shape index (κ1) is 18.2. The molecule has 0 aliphatic rings. The van der Waals surface area contributed by atoms with Crippen LogP contribution in [0.25, 0.3) is 5.78 Å². The molecule has 2 rings (SSSR count). The fraction of sp³-hybridized carbons (Fsp3) is 0.600. The summed E-state index contributed by atoms with van der Waals surface area (Å²) < 4.78 is 39.3. The third-order valence-electron chi connectivity index (χ3n) is 3.92. The Morgan fingerprint density at radius 2 is 1.96 bits per heavy atom. The minimum absolute atomic E-state index is 0.0879. The van der Waals surface area contributed by atoms with Crippen LogP contribution in [-0.4, -0.2) is 31.5 Å². The van der Waals surface area contributed by atoms with Crippen LogP contribution < -0.4 is 5.32 Å². The number of nitrogens with zero attached hydrogens (tertiary/aromatic N) is 4. The van der Waals surface area contributed by atoms with Crippen LogP contribution in [0.4, 0.5) is 13.2 Å². The lowest BCUT2D eigenvalue weighted by Gasteiger charge is -2.13. The van der Waals surface area contributed by atoms with Gasteiger partial charge in [-0.15, -0.1) is 5.10 Å². The van der Waals surface area contributed by atoms with E-state index in [1.54, 1.807) is 13.8 Å². The number of carbonyl (C=O) groups is 1. The minimum Gasteiger partial charge on any atom is -0.354 e. The van der Waals surface area contributed by atoms with E-state index in [0.717, 1.165) is 10.9 Å². The van der Waals surface area contributed by atoms with E-state index < -0.39 is 12.0 Å². The first-order chi connectivity index (χ1) is 11.1. The monoisotopic (exact) mass is 343 g/mol. The average molecular weight is 343 g/mol. The van der Waals surface area contributed by atoms with Crippen LogP contribution in [0.1, 0.15) is 49.5 Å². The maximum Gasteiger partial charge on any atom is 0.453 e. The molecule has 0 unspecified atom stereocenters. The summed E-state index contributed by atoms with van der Waals surface area (Å²) in [6.07, 6.45) is -3.18. The van der Waals surface area contributed by atoms with Gasteiger partial charge in [0.05, 0.1) is 0 Å². The van der Waals surface area contributed by atoms with Crippen LogP contribution in [0.3, 0.4) is 0 Å². The summed E-state index contributed by atoms with van der Waals surface area (Å²) in [7, 11) is 0. The predicted octanol–water partition coefficient (Wildman–Crippen LogP) is 2.61. The van der Waals surface area contributed by atoms with E-state index in [0.29, 0.717) is 23.4 Å². The Kier molecular flexibility index (Phi) is 5.10. The second-order valence-electron chi connectivity index (χ2n) is 5.78. The summed E-state index contributed by atoms with van der Waals surface area (Å²) in [4.78, 5) is 19.4. The van der Waals surface area contributed by atoms with E-state index in [-0.39, 0.29) is 24.1 Å². The molecule has 6 nitrogen and oxygen atoms in total. The van der Waals surface area contributed by atoms with Crippen molar-refractivity contribution >= 4 is 11.7 Å². The van der Waals surface area contributed by atoms with Gasteiger partial charge in [-0.1, -0.05) is 6.92 Å². The summed E-state index contributed by atoms with van der Waals surface area (Å²) in [5.74, 6) is -1.41. The summed E-state index contributed by atoms with van der Waals surface area (Å²) in [5, 5.41) is 6.35. The van der Waals surface area contributed by atoms with Crippen molar-refractivity contribution in [1.29, 1.82) is 0 Å². The molecule has 2 aromatic rings. The van der Waals surface area contributed by atoms with Gasteiger partial charge in [0.25, 0.3) is 11.6 Å². The Labute approximate surface area is 137 Å². The molecule has 1 N–H and O–H groups in total. The number of hydrogen-bond donors (Lipinski definition) is 1. The van der Waals surface area contributed by atoms with Gasteiger partial charge in [-0.25, -0.2) is 9.50 Å². The number of aryl methyl sites for hydroxylation is 2. The zero-order chi connectivity index (χ0) is 18.1. The van der Waals surface area contributed by atoms with Gasteiger partial charge in [0.1, 0.15) is 0 Å². The van der Waals surface area contributed by atoms with E-state index in [1.807, 2.05) is 13.8 Å². The van der Waals surface area contributed by atoms with Crippen molar-refractivity contribution in [3.05, 3.63) is 22.8 Å². The fourth-order valence-corrected chi connectivity index (χ4v) is 2.38. The minimum atomic E-state index is -4.62. The number of halogens is 3. The van der Waals surface area contributed by atoms with Crippen molar-refractivity contribution in [1.82, 2.24) is 24.9 Å². The molecule has 0 fully saturated rings. The molecule has 2 aromatic heterocycles. The van der Waals surface area contributed by atoms with E-state index in [2.05, 4.69) is 20.4 Å². The second-order valence-corrected chi connectivity index (χ2v) is 5.78. The standard InChI is InChI=1S/C15H20F3N5O/c1-5-8(2)19-12(24)7-6-11-9(3)20-14-21-13(15(16,17)18)22-23(14)10(11)4/h8H,5-7H2,1-4H3,(H,19,24)/t8-/m0/s1. The van der Waals surface area contributed by atoms with E-state index in [1.165, 1.54) is 0 Å². The highest BCUT2D eigenvalue weighted by Crippen LogP contribution is 2.27. The van der Waals surface area contributed by atoms with Crippen LogP contribution in [0, 0.1) is 13.8 Å². The Morgan fingerprint density at radius 3 is 2.54 bits per heavy atom. The van der Waals surface area contributed by atoms with Crippen LogP contribution in [0.5, 0.6) is 0 Å². The molecule has 0 aromatic carbocycles. The van der Waals surface area contributed by atoms with Crippen molar-refractivity contribution < 1.29 is 18.0 Å². The van der Waals surface area contributed by atoms with Gasteiger partial charge in [0.15, 0.2) is 0 Å². The molecule has 24 heavy (non-hydrogen) atoms. The van der Waals surface area contributed by atoms with Crippen LogP contribution in [0.2, 0.25) is 0 Å². The third kappa shape index (κ3) is 3.82. The van der Waals surface area contributed by atoms with Crippen LogP contribution >= 0.6 is 0 Å². The number of aromatic nitrogens is 4. The second kappa shape index (κ2) is 6.74. The molecule has 0 spiro atoms. The third-order valence-corrected chi connectivity index (χ3v) is 3.92. The highest BCUT2D eigenvalue weighted by Gasteiger charge is 2.36. The highest BCUT2D eigenvalue weighted by molar-refractivity contribution is 5.76. The molecule has 0 saturated carbocycles. The molecule has 2 heterocycles. The Morgan fingerprint density at radius 1 is 1.29 bits per heavy atom. The molecule has 1 amide bonds. The number of fused-ring (bicyclic) bond motifs is 1. The Bertz CT molecular complexity index is 754. The Hall–Kier alpha value is -2.19. The molecule has 0 aliphatic carbocycles. The van der Waals surface area contributed by atoms with Crippen molar-refractivity contribution in [3.8, 4) is 0 Å². The SMILES string of the molecule is CC[C@H](C)NC(=O)CCc1c(C)nc2nc(C(F)(F)F)nn2c1C. The first-order valence-electron chi connectivity index (χ1n) is 7.72. The molecule has 0 aliphatic heterocycles. The molecule has 9 heteroatoms. The normalized spacial score (nSPS) is 13.3. The van der Waals surface area contributed by atoms with Gasteiger partial charge in [-0.05, 0) is 39.2 Å². The molecule has 0 radical (unpaired) electrons. The fourth-order valence-electron chi connectivity index (χ4n) is 2.38. The molecular weight excluding hydrogens is 323 g/mol. The highest BCUT2D eigenvalue weighted by atomic mass is 19.4. The maximum atomic E-state index is 12.7. The molecule has 1 atom stereocenters. The number of rotatable bonds is 5. The molecule has 132 valence electrons. The summed E-state index contributed by atoms with van der Waals surface area (Å²) in [6.45, 7) is 7.23. The topological polar surface area (TPSA) is 72.2 Å². The summed E-state index contributed by atoms with van der Waals surface area (Å²) in [5.41, 5.74) is 1.77. The summed E-state index contributed by atoms with van der Waals surface area (Å²) >= 11 is 0. The van der Waals surface area contributed by atoms with E-state index in [4.69, 9.17) is 0 Å². The largest absolute Gasteiger partial charge is 0.453 e. The van der Waals surface area contributed by atoms with Gasteiger partial charge >= 0.3 is 6.18 Å².